The highest BCUT2D eigenvalue weighted by molar-refractivity contribution is 6.35. The molecule has 1 aromatic heterocycles. The first-order valence-electron chi connectivity index (χ1n) is 16.9. The Bertz CT molecular complexity index is 1740. The number of halogens is 4. The minimum absolute atomic E-state index is 0.0754. The fourth-order valence-corrected chi connectivity index (χ4v) is 6.12. The van der Waals surface area contributed by atoms with Gasteiger partial charge in [-0.15, -0.1) is 0 Å². The largest absolute Gasteiger partial charge is 0.489 e. The van der Waals surface area contributed by atoms with Crippen LogP contribution in [-0.4, -0.2) is 68.5 Å². The molecule has 0 spiro atoms. The molecule has 2 fully saturated rings. The van der Waals surface area contributed by atoms with Crippen molar-refractivity contribution in [1.29, 1.82) is 0 Å². The number of morpholine rings is 1. The highest BCUT2D eigenvalue weighted by Crippen LogP contribution is 2.38. The third-order valence-corrected chi connectivity index (χ3v) is 9.27. The summed E-state index contributed by atoms with van der Waals surface area (Å²) < 4.78 is 55.0. The molecule has 1 aliphatic heterocycles. The number of anilines is 1. The smallest absolute Gasteiger partial charge is 0.387 e. The van der Waals surface area contributed by atoms with E-state index in [1.54, 1.807) is 30.3 Å². The van der Waals surface area contributed by atoms with Crippen LogP contribution in [0.15, 0.2) is 79.1 Å². The van der Waals surface area contributed by atoms with Gasteiger partial charge in [-0.2, -0.15) is 8.78 Å². The molecule has 51 heavy (non-hydrogen) atoms. The van der Waals surface area contributed by atoms with Gasteiger partial charge in [0.15, 0.2) is 11.5 Å². The van der Waals surface area contributed by atoms with Crippen molar-refractivity contribution in [1.82, 2.24) is 9.88 Å². The third kappa shape index (κ3) is 10.7. The Balaban J connectivity index is 1.26. The number of hydrogen-bond acceptors (Lipinski definition) is 9. The Labute approximate surface area is 305 Å². The van der Waals surface area contributed by atoms with E-state index in [9.17, 15) is 13.6 Å². The summed E-state index contributed by atoms with van der Waals surface area (Å²) in [4.78, 5) is 20.3. The monoisotopic (exact) mass is 741 g/mol. The van der Waals surface area contributed by atoms with Crippen molar-refractivity contribution in [3.8, 4) is 17.2 Å². The van der Waals surface area contributed by atoms with E-state index >= 15 is 0 Å². The lowest BCUT2D eigenvalue weighted by atomic mass is 10.0. The highest BCUT2D eigenvalue weighted by atomic mass is 35.5. The summed E-state index contributed by atoms with van der Waals surface area (Å²) in [6, 6.07) is 19.4. The van der Waals surface area contributed by atoms with E-state index in [4.69, 9.17) is 46.9 Å². The Morgan fingerprint density at radius 2 is 1.69 bits per heavy atom. The van der Waals surface area contributed by atoms with E-state index in [1.807, 2.05) is 30.3 Å². The molecule has 0 bridgehead atoms. The molecule has 4 aromatic rings. The number of carbonyl (C=O) groups is 1. The molecule has 2 heterocycles. The van der Waals surface area contributed by atoms with E-state index in [-0.39, 0.29) is 33.5 Å². The summed E-state index contributed by atoms with van der Waals surface area (Å²) in [5.41, 5.74) is 2.90. The van der Waals surface area contributed by atoms with E-state index in [0.29, 0.717) is 61.5 Å². The zero-order valence-electron chi connectivity index (χ0n) is 27.9. The predicted molar refractivity (Wildman–Crippen MR) is 190 cm³/mol. The molecular weight excluding hydrogens is 703 g/mol. The molecule has 3 aromatic carbocycles. The quantitative estimate of drug-likeness (QED) is 0.108. The first-order chi connectivity index (χ1) is 24.8. The van der Waals surface area contributed by atoms with Crippen LogP contribution >= 0.6 is 23.2 Å². The van der Waals surface area contributed by atoms with Gasteiger partial charge in [0.05, 0.1) is 41.1 Å². The van der Waals surface area contributed by atoms with Crippen LogP contribution in [0.2, 0.25) is 10.0 Å². The molecule has 1 saturated carbocycles. The van der Waals surface area contributed by atoms with Crippen molar-refractivity contribution in [2.75, 3.05) is 51.3 Å². The normalized spacial score (nSPS) is 15.3. The number of esters is 1. The maximum absolute atomic E-state index is 13.9. The van der Waals surface area contributed by atoms with Crippen molar-refractivity contribution >= 4 is 34.9 Å². The minimum Gasteiger partial charge on any atom is -0.489 e. The maximum Gasteiger partial charge on any atom is 0.387 e. The van der Waals surface area contributed by atoms with E-state index in [1.165, 1.54) is 18.5 Å². The van der Waals surface area contributed by atoms with Gasteiger partial charge in [-0.1, -0.05) is 59.6 Å². The summed E-state index contributed by atoms with van der Waals surface area (Å²) in [5.74, 6) is 0.321. The average Bonchev–Trinajstić information content (AvgIpc) is 3.97. The van der Waals surface area contributed by atoms with Crippen molar-refractivity contribution in [2.24, 2.45) is 5.92 Å². The summed E-state index contributed by atoms with van der Waals surface area (Å²) in [6.07, 6.45) is 4.05. The number of hydrogen-bond donors (Lipinski definition) is 1. The Kier molecular flexibility index (Phi) is 12.8. The van der Waals surface area contributed by atoms with Crippen molar-refractivity contribution in [3.05, 3.63) is 111 Å². The highest BCUT2D eigenvalue weighted by Gasteiger charge is 2.26. The first-order valence-corrected chi connectivity index (χ1v) is 17.6. The van der Waals surface area contributed by atoms with E-state index < -0.39 is 18.7 Å². The second-order valence-corrected chi connectivity index (χ2v) is 13.2. The number of ether oxygens (including phenoxy) is 5. The second-order valence-electron chi connectivity index (χ2n) is 12.4. The molecule has 0 radical (unpaired) electrons. The minimum atomic E-state index is -3.04. The number of nitrogens with one attached hydrogen (secondary N) is 1. The maximum atomic E-state index is 13.9. The van der Waals surface area contributed by atoms with Crippen LogP contribution < -0.4 is 19.5 Å². The lowest BCUT2D eigenvalue weighted by Crippen LogP contribution is -2.39. The van der Waals surface area contributed by atoms with Crippen LogP contribution in [0.25, 0.3) is 0 Å². The van der Waals surface area contributed by atoms with Gasteiger partial charge in [0.2, 0.25) is 0 Å². The molecular formula is C38H39Cl2F2N3O6. The molecule has 1 aliphatic carbocycles. The Morgan fingerprint density at radius 1 is 0.941 bits per heavy atom. The van der Waals surface area contributed by atoms with Gasteiger partial charge in [0.1, 0.15) is 18.5 Å². The zero-order chi connectivity index (χ0) is 35.6. The number of aromatic nitrogens is 1. The van der Waals surface area contributed by atoms with Crippen molar-refractivity contribution in [3.63, 3.8) is 0 Å². The van der Waals surface area contributed by atoms with Gasteiger partial charge in [-0.3, -0.25) is 9.88 Å². The molecule has 13 heteroatoms. The van der Waals surface area contributed by atoms with Gasteiger partial charge < -0.3 is 29.0 Å². The van der Waals surface area contributed by atoms with Crippen molar-refractivity contribution in [2.45, 2.75) is 38.6 Å². The number of alkyl halides is 2. The number of pyridine rings is 1. The average molecular weight is 743 g/mol. The predicted octanol–water partition coefficient (Wildman–Crippen LogP) is 8.24. The van der Waals surface area contributed by atoms with E-state index in [0.717, 1.165) is 38.0 Å². The van der Waals surface area contributed by atoms with Crippen LogP contribution in [0.1, 0.15) is 46.0 Å². The summed E-state index contributed by atoms with van der Waals surface area (Å²) in [7, 11) is 0. The number of benzene rings is 3. The van der Waals surface area contributed by atoms with Crippen molar-refractivity contribution < 1.29 is 37.3 Å². The summed E-state index contributed by atoms with van der Waals surface area (Å²) in [5, 5.41) is 4.02. The van der Waals surface area contributed by atoms with Gasteiger partial charge in [0, 0.05) is 45.0 Å². The summed E-state index contributed by atoms with van der Waals surface area (Å²) >= 11 is 13.0. The second kappa shape index (κ2) is 17.9. The number of nitrogens with zero attached hydrogens (tertiary/aromatic N) is 2. The number of carbonyl (C=O) groups excluding carboxylic acids is 1. The molecule has 1 saturated heterocycles. The lowest BCUT2D eigenvalue weighted by Gasteiger charge is -2.27. The molecule has 1 N–H and O–H groups in total. The van der Waals surface area contributed by atoms with Gasteiger partial charge in [-0.25, -0.2) is 4.79 Å². The molecule has 0 unspecified atom stereocenters. The molecule has 1 atom stereocenters. The summed E-state index contributed by atoms with van der Waals surface area (Å²) in [6.45, 7) is 2.13. The Hall–Kier alpha value is -4.16. The van der Waals surface area contributed by atoms with Crippen LogP contribution in [0.4, 0.5) is 14.5 Å². The molecule has 9 nitrogen and oxygen atoms in total. The lowest BCUT2D eigenvalue weighted by molar-refractivity contribution is -0.0515. The SMILES string of the molecule is O=C(O[C@@H](Cc1c(Cl)cncc1Cl)c1ccc(OC(F)F)c(OCC2CC2)c1)c1ccc(OCc2ccccc2)c(NCCN2CCOCC2)c1. The third-order valence-electron chi connectivity index (χ3n) is 8.62. The van der Waals surface area contributed by atoms with E-state index in [2.05, 4.69) is 15.2 Å². The topological polar surface area (TPSA) is 91.4 Å². The molecule has 0 amide bonds. The molecule has 270 valence electrons. The zero-order valence-corrected chi connectivity index (χ0v) is 29.4. The standard InChI is InChI=1S/C38H39Cl2F2N3O6/c39-30-21-43-22-31(40)29(30)20-35(27-8-11-34(51-38(41)42)36(19-27)49-24-26-6-7-26)50-37(46)28-9-10-33(48-23-25-4-2-1-3-5-25)32(18-28)44-12-13-45-14-16-47-17-15-45/h1-5,8-11,18-19,21-22,26,35,38,44H,6-7,12-17,20,23-24H2/t35-/m0/s1. The van der Waals surface area contributed by atoms with Gasteiger partial charge in [-0.05, 0) is 65.8 Å². The molecule has 2 aliphatic rings. The molecule has 6 rings (SSSR count). The fraction of sp³-hybridized carbons (Fsp3) is 0.368. The van der Waals surface area contributed by atoms with Crippen LogP contribution in [0.3, 0.4) is 0 Å². The number of rotatable bonds is 17. The van der Waals surface area contributed by atoms with Gasteiger partial charge in [0.25, 0.3) is 0 Å². The van der Waals surface area contributed by atoms with Gasteiger partial charge >= 0.3 is 12.6 Å². The van der Waals surface area contributed by atoms with Crippen LogP contribution in [0.5, 0.6) is 17.2 Å². The Morgan fingerprint density at radius 3 is 2.41 bits per heavy atom. The van der Waals surface area contributed by atoms with Crippen LogP contribution in [0, 0.1) is 5.92 Å². The first kappa shape index (κ1) is 36.6. The van der Waals surface area contributed by atoms with Crippen LogP contribution in [-0.2, 0) is 22.5 Å². The fourth-order valence-electron chi connectivity index (χ4n) is 5.60.